The van der Waals surface area contributed by atoms with Crippen LogP contribution in [0.1, 0.15) is 11.1 Å². The summed E-state index contributed by atoms with van der Waals surface area (Å²) in [6, 6.07) is 20.4. The van der Waals surface area contributed by atoms with Crippen LogP contribution in [0.3, 0.4) is 0 Å². The average Bonchev–Trinajstić information content (AvgIpc) is 2.46. The second-order valence-corrected chi connectivity index (χ2v) is 5.47. The average molecular weight is 364 g/mol. The van der Waals surface area contributed by atoms with E-state index < -0.39 is 0 Å². The van der Waals surface area contributed by atoms with Gasteiger partial charge in [-0.3, -0.25) is 0 Å². The summed E-state index contributed by atoms with van der Waals surface area (Å²) in [4.78, 5) is 0. The highest BCUT2D eigenvalue weighted by Gasteiger charge is 1.96. The molecule has 0 unspecified atom stereocenters. The van der Waals surface area contributed by atoms with Gasteiger partial charge in [-0.2, -0.15) is 0 Å². The van der Waals surface area contributed by atoms with Gasteiger partial charge in [0.15, 0.2) is 0 Å². The first-order chi connectivity index (χ1) is 8.77. The van der Waals surface area contributed by atoms with Crippen molar-refractivity contribution in [1.82, 2.24) is 0 Å². The predicted molar refractivity (Wildman–Crippen MR) is 86.7 cm³/mol. The van der Waals surface area contributed by atoms with Gasteiger partial charge in [0.05, 0.1) is 0 Å². The first-order valence-corrected chi connectivity index (χ1v) is 7.20. The van der Waals surface area contributed by atoms with Crippen LogP contribution in [0.15, 0.2) is 72.8 Å². The van der Waals surface area contributed by atoms with E-state index >= 15 is 0 Å². The second-order valence-electron chi connectivity index (χ2n) is 3.76. The molecule has 2 aromatic carbocycles. The molecule has 0 nitrogen and oxygen atoms in total. The normalized spacial score (nSPS) is 12.6. The Morgan fingerprint density at radius 1 is 0.611 bits per heavy atom. The van der Waals surface area contributed by atoms with E-state index in [9.17, 15) is 0 Å². The SMILES string of the molecule is Br/C(=C/C=C(/Br)c1ccccc1)c1ccccc1. The van der Waals surface area contributed by atoms with Crippen molar-refractivity contribution < 1.29 is 0 Å². The summed E-state index contributed by atoms with van der Waals surface area (Å²) in [5.41, 5.74) is 2.34. The zero-order valence-corrected chi connectivity index (χ0v) is 12.9. The molecule has 0 N–H and O–H groups in total. The van der Waals surface area contributed by atoms with Crippen molar-refractivity contribution in [2.45, 2.75) is 0 Å². The molecule has 0 bridgehead atoms. The van der Waals surface area contributed by atoms with Crippen molar-refractivity contribution in [2.24, 2.45) is 0 Å². The Morgan fingerprint density at radius 3 is 1.28 bits per heavy atom. The Bertz CT molecular complexity index is 501. The standard InChI is InChI=1S/C16H12Br2/c17-15(13-7-3-1-4-8-13)11-12-16(18)14-9-5-2-6-10-14/h1-12H/b15-11+,16-12+. The third-order valence-electron chi connectivity index (χ3n) is 2.48. The van der Waals surface area contributed by atoms with Gasteiger partial charge in [0.1, 0.15) is 0 Å². The largest absolute Gasteiger partial charge is 0.0622 e. The van der Waals surface area contributed by atoms with Crippen LogP contribution in [-0.2, 0) is 0 Å². The minimum Gasteiger partial charge on any atom is -0.0622 e. The lowest BCUT2D eigenvalue weighted by Crippen LogP contribution is -1.76. The van der Waals surface area contributed by atoms with Crippen molar-refractivity contribution in [1.29, 1.82) is 0 Å². The zero-order valence-electron chi connectivity index (χ0n) is 9.68. The van der Waals surface area contributed by atoms with Gasteiger partial charge in [-0.05, 0) is 23.3 Å². The second kappa shape index (κ2) is 6.72. The maximum Gasteiger partial charge on any atom is 0.0248 e. The van der Waals surface area contributed by atoms with Gasteiger partial charge >= 0.3 is 0 Å². The van der Waals surface area contributed by atoms with Crippen LogP contribution < -0.4 is 0 Å². The molecular formula is C16H12Br2. The monoisotopic (exact) mass is 362 g/mol. The molecule has 0 spiro atoms. The van der Waals surface area contributed by atoms with Gasteiger partial charge in [-0.15, -0.1) is 0 Å². The van der Waals surface area contributed by atoms with E-state index in [4.69, 9.17) is 0 Å². The van der Waals surface area contributed by atoms with Crippen molar-refractivity contribution in [3.05, 3.63) is 83.9 Å². The van der Waals surface area contributed by atoms with Crippen LogP contribution in [0.25, 0.3) is 8.96 Å². The third kappa shape index (κ3) is 3.69. The highest BCUT2D eigenvalue weighted by molar-refractivity contribution is 9.15. The van der Waals surface area contributed by atoms with E-state index in [0.717, 1.165) is 8.96 Å². The summed E-state index contributed by atoms with van der Waals surface area (Å²) in [7, 11) is 0. The smallest absolute Gasteiger partial charge is 0.0248 e. The van der Waals surface area contributed by atoms with E-state index in [0.29, 0.717) is 0 Å². The zero-order chi connectivity index (χ0) is 12.8. The van der Waals surface area contributed by atoms with Gasteiger partial charge in [0.2, 0.25) is 0 Å². The van der Waals surface area contributed by atoms with Crippen molar-refractivity contribution in [3.8, 4) is 0 Å². The summed E-state index contributed by atoms with van der Waals surface area (Å²) in [5, 5.41) is 0. The highest BCUT2D eigenvalue weighted by Crippen LogP contribution is 2.25. The maximum atomic E-state index is 3.58. The van der Waals surface area contributed by atoms with Crippen LogP contribution in [0.5, 0.6) is 0 Å². The molecule has 0 aromatic heterocycles. The van der Waals surface area contributed by atoms with Crippen molar-refractivity contribution in [2.75, 3.05) is 0 Å². The van der Waals surface area contributed by atoms with Gasteiger partial charge < -0.3 is 0 Å². The molecule has 0 aliphatic heterocycles. The fraction of sp³-hybridized carbons (Fsp3) is 0. The number of hydrogen-bond donors (Lipinski definition) is 0. The summed E-state index contributed by atoms with van der Waals surface area (Å²) in [6.45, 7) is 0. The lowest BCUT2D eigenvalue weighted by atomic mass is 10.2. The number of benzene rings is 2. The third-order valence-corrected chi connectivity index (χ3v) is 3.92. The van der Waals surface area contributed by atoms with Crippen molar-refractivity contribution >= 4 is 40.8 Å². The molecule has 18 heavy (non-hydrogen) atoms. The first kappa shape index (κ1) is 13.3. The predicted octanol–water partition coefficient (Wildman–Crippen LogP) is 5.86. The van der Waals surface area contributed by atoms with Crippen LogP contribution >= 0.6 is 31.9 Å². The molecular weight excluding hydrogens is 352 g/mol. The number of allylic oxidation sites excluding steroid dienone is 2. The fourth-order valence-electron chi connectivity index (χ4n) is 1.53. The molecule has 0 saturated carbocycles. The molecule has 2 rings (SSSR count). The minimum atomic E-state index is 1.07. The lowest BCUT2D eigenvalue weighted by Gasteiger charge is -1.99. The molecule has 90 valence electrons. The number of hydrogen-bond acceptors (Lipinski definition) is 0. The molecule has 2 heteroatoms. The Hall–Kier alpha value is -1.12. The quantitative estimate of drug-likeness (QED) is 0.599. The molecule has 0 aliphatic carbocycles. The van der Waals surface area contributed by atoms with Crippen LogP contribution in [0.2, 0.25) is 0 Å². The van der Waals surface area contributed by atoms with E-state index in [-0.39, 0.29) is 0 Å². The summed E-state index contributed by atoms with van der Waals surface area (Å²) in [5.74, 6) is 0. The Labute approximate surface area is 124 Å². The summed E-state index contributed by atoms with van der Waals surface area (Å²) in [6.07, 6.45) is 4.10. The Morgan fingerprint density at radius 2 is 0.944 bits per heavy atom. The molecule has 0 aliphatic rings. The first-order valence-electron chi connectivity index (χ1n) is 5.61. The fourth-order valence-corrected chi connectivity index (χ4v) is 2.33. The molecule has 0 fully saturated rings. The molecule has 0 saturated heterocycles. The number of halogens is 2. The van der Waals surface area contributed by atoms with Gasteiger partial charge in [0, 0.05) is 8.96 Å². The number of rotatable bonds is 3. The van der Waals surface area contributed by atoms with Crippen LogP contribution in [0, 0.1) is 0 Å². The van der Waals surface area contributed by atoms with Gasteiger partial charge in [-0.1, -0.05) is 92.5 Å². The van der Waals surface area contributed by atoms with E-state index in [2.05, 4.69) is 56.1 Å². The van der Waals surface area contributed by atoms with Crippen molar-refractivity contribution in [3.63, 3.8) is 0 Å². The molecule has 0 amide bonds. The van der Waals surface area contributed by atoms with Gasteiger partial charge in [-0.25, -0.2) is 0 Å². The Kier molecular flexibility index (Phi) is 4.97. The van der Waals surface area contributed by atoms with Crippen LogP contribution in [-0.4, -0.2) is 0 Å². The molecule has 0 radical (unpaired) electrons. The maximum absolute atomic E-state index is 3.58. The topological polar surface area (TPSA) is 0 Å². The lowest BCUT2D eigenvalue weighted by molar-refractivity contribution is 1.64. The molecule has 0 atom stereocenters. The van der Waals surface area contributed by atoms with E-state index in [1.54, 1.807) is 0 Å². The van der Waals surface area contributed by atoms with E-state index in [1.165, 1.54) is 11.1 Å². The minimum absolute atomic E-state index is 1.07. The van der Waals surface area contributed by atoms with Crippen LogP contribution in [0.4, 0.5) is 0 Å². The van der Waals surface area contributed by atoms with Gasteiger partial charge in [0.25, 0.3) is 0 Å². The van der Waals surface area contributed by atoms with E-state index in [1.807, 2.05) is 48.6 Å². The summed E-state index contributed by atoms with van der Waals surface area (Å²) >= 11 is 7.17. The molecule has 2 aromatic rings. The summed E-state index contributed by atoms with van der Waals surface area (Å²) < 4.78 is 2.13. The molecule has 0 heterocycles. The highest BCUT2D eigenvalue weighted by atomic mass is 79.9. The Balaban J connectivity index is 2.20.